The summed E-state index contributed by atoms with van der Waals surface area (Å²) in [5, 5.41) is 8.10. The van der Waals surface area contributed by atoms with Crippen LogP contribution in [0.3, 0.4) is 0 Å². The number of alkyl halides is 3. The van der Waals surface area contributed by atoms with Crippen LogP contribution < -0.4 is 16.0 Å². The minimum absolute atomic E-state index is 0.0737. The van der Waals surface area contributed by atoms with Gasteiger partial charge in [-0.15, -0.1) is 0 Å². The van der Waals surface area contributed by atoms with Crippen molar-refractivity contribution >= 4 is 11.8 Å². The first-order chi connectivity index (χ1) is 12.7. The Morgan fingerprint density at radius 1 is 1.30 bits per heavy atom. The molecule has 3 atom stereocenters. The van der Waals surface area contributed by atoms with Gasteiger partial charge in [0, 0.05) is 7.11 Å². The van der Waals surface area contributed by atoms with Crippen LogP contribution in [0.4, 0.5) is 13.2 Å². The normalized spacial score (nSPS) is 21.4. The minimum Gasteiger partial charge on any atom is -0.382 e. The van der Waals surface area contributed by atoms with Crippen molar-refractivity contribution in [1.82, 2.24) is 16.0 Å². The molecule has 1 aliphatic rings. The van der Waals surface area contributed by atoms with Gasteiger partial charge < -0.3 is 20.1 Å². The molecule has 0 bridgehead atoms. The standard InChI is InChI=1S/C17H22F3N3O4/c1-10(11-3-5-12(6-4-11)17(18,19)20)21-15(25)13-9-14(24)23-16(22-13)27-8-7-26-2/h3-6,10,13,16,22H,7-9H2,1-2H3,(H,21,25)(H,23,24). The van der Waals surface area contributed by atoms with Gasteiger partial charge in [-0.1, -0.05) is 12.1 Å². The third-order valence-electron chi connectivity index (χ3n) is 4.02. The van der Waals surface area contributed by atoms with Crippen molar-refractivity contribution in [2.24, 2.45) is 0 Å². The maximum atomic E-state index is 12.6. The van der Waals surface area contributed by atoms with Crippen LogP contribution in [0.5, 0.6) is 0 Å². The zero-order chi connectivity index (χ0) is 20.0. The average molecular weight is 389 g/mol. The lowest BCUT2D eigenvalue weighted by atomic mass is 10.0. The molecule has 1 fully saturated rings. The molecule has 10 heteroatoms. The Balaban J connectivity index is 1.93. The fourth-order valence-corrected chi connectivity index (χ4v) is 2.54. The number of methoxy groups -OCH3 is 1. The first-order valence-corrected chi connectivity index (χ1v) is 8.34. The Morgan fingerprint density at radius 2 is 1.96 bits per heavy atom. The van der Waals surface area contributed by atoms with Crippen molar-refractivity contribution in [3.8, 4) is 0 Å². The second kappa shape index (κ2) is 9.16. The van der Waals surface area contributed by atoms with Crippen LogP contribution in [0.2, 0.25) is 0 Å². The number of nitrogens with one attached hydrogen (secondary N) is 3. The highest BCUT2D eigenvalue weighted by Crippen LogP contribution is 2.29. The lowest BCUT2D eigenvalue weighted by Crippen LogP contribution is -2.61. The Kier molecular flexibility index (Phi) is 7.17. The molecule has 0 spiro atoms. The van der Waals surface area contributed by atoms with E-state index in [1.54, 1.807) is 6.92 Å². The molecule has 0 saturated carbocycles. The quantitative estimate of drug-likeness (QED) is 0.612. The summed E-state index contributed by atoms with van der Waals surface area (Å²) >= 11 is 0. The number of carbonyl (C=O) groups is 2. The summed E-state index contributed by atoms with van der Waals surface area (Å²) in [6.07, 6.45) is -5.31. The van der Waals surface area contributed by atoms with E-state index in [1.165, 1.54) is 19.2 Å². The monoisotopic (exact) mass is 389 g/mol. The van der Waals surface area contributed by atoms with E-state index in [2.05, 4.69) is 16.0 Å². The second-order valence-corrected chi connectivity index (χ2v) is 6.08. The average Bonchev–Trinajstić information content (AvgIpc) is 2.61. The number of amides is 2. The number of carbonyl (C=O) groups excluding carboxylic acids is 2. The molecule has 3 unspecified atom stereocenters. The minimum atomic E-state index is -4.41. The van der Waals surface area contributed by atoms with Crippen molar-refractivity contribution in [3.05, 3.63) is 35.4 Å². The molecule has 2 rings (SSSR count). The van der Waals surface area contributed by atoms with Crippen LogP contribution in [0.15, 0.2) is 24.3 Å². The van der Waals surface area contributed by atoms with Gasteiger partial charge in [-0.05, 0) is 24.6 Å². The maximum absolute atomic E-state index is 12.6. The Bertz CT molecular complexity index is 652. The fraction of sp³-hybridized carbons (Fsp3) is 0.529. The number of halogens is 3. The van der Waals surface area contributed by atoms with Crippen LogP contribution in [0.1, 0.15) is 30.5 Å². The van der Waals surface area contributed by atoms with Gasteiger partial charge in [-0.3, -0.25) is 14.9 Å². The summed E-state index contributed by atoms with van der Waals surface area (Å²) < 4.78 is 48.1. The van der Waals surface area contributed by atoms with Crippen molar-refractivity contribution in [2.75, 3.05) is 20.3 Å². The van der Waals surface area contributed by atoms with Crippen molar-refractivity contribution in [1.29, 1.82) is 0 Å². The first kappa shape index (κ1) is 21.1. The lowest BCUT2D eigenvalue weighted by Gasteiger charge is -2.31. The molecule has 27 heavy (non-hydrogen) atoms. The highest BCUT2D eigenvalue weighted by atomic mass is 19.4. The molecule has 1 aromatic rings. The topological polar surface area (TPSA) is 88.7 Å². The van der Waals surface area contributed by atoms with Gasteiger partial charge in [-0.25, -0.2) is 0 Å². The molecule has 2 amide bonds. The predicted molar refractivity (Wildman–Crippen MR) is 89.3 cm³/mol. The fourth-order valence-electron chi connectivity index (χ4n) is 2.54. The van der Waals surface area contributed by atoms with Gasteiger partial charge in [0.1, 0.15) is 0 Å². The highest BCUT2D eigenvalue weighted by molar-refractivity contribution is 5.89. The third-order valence-corrected chi connectivity index (χ3v) is 4.02. The molecule has 0 radical (unpaired) electrons. The van der Waals surface area contributed by atoms with E-state index in [0.29, 0.717) is 12.2 Å². The molecule has 1 aliphatic heterocycles. The molecule has 150 valence electrons. The van der Waals surface area contributed by atoms with E-state index < -0.39 is 36.1 Å². The zero-order valence-corrected chi connectivity index (χ0v) is 14.9. The lowest BCUT2D eigenvalue weighted by molar-refractivity contribution is -0.139. The van der Waals surface area contributed by atoms with Gasteiger partial charge in [0.25, 0.3) is 0 Å². The Labute approximate surface area is 154 Å². The smallest absolute Gasteiger partial charge is 0.382 e. The van der Waals surface area contributed by atoms with Gasteiger partial charge in [0.2, 0.25) is 11.8 Å². The van der Waals surface area contributed by atoms with E-state index in [9.17, 15) is 22.8 Å². The third kappa shape index (κ3) is 6.19. The number of rotatable bonds is 7. The van der Waals surface area contributed by atoms with Gasteiger partial charge in [0.05, 0.1) is 37.3 Å². The summed E-state index contributed by atoms with van der Waals surface area (Å²) in [6.45, 7) is 2.20. The summed E-state index contributed by atoms with van der Waals surface area (Å²) in [5.74, 6) is -0.795. The van der Waals surface area contributed by atoms with Crippen LogP contribution in [-0.4, -0.2) is 44.5 Å². The largest absolute Gasteiger partial charge is 0.416 e. The number of benzene rings is 1. The van der Waals surface area contributed by atoms with E-state index in [1.807, 2.05) is 0 Å². The predicted octanol–water partition coefficient (Wildman–Crippen LogP) is 1.31. The van der Waals surface area contributed by atoms with E-state index in [-0.39, 0.29) is 18.9 Å². The summed E-state index contributed by atoms with van der Waals surface area (Å²) in [5.41, 5.74) is -0.240. The molecule has 7 nitrogen and oxygen atoms in total. The van der Waals surface area contributed by atoms with Crippen LogP contribution >= 0.6 is 0 Å². The number of hydrogen-bond donors (Lipinski definition) is 3. The molecule has 1 aromatic carbocycles. The maximum Gasteiger partial charge on any atom is 0.416 e. The SMILES string of the molecule is COCCOC1NC(=O)CC(C(=O)NC(C)c2ccc(C(F)(F)F)cc2)N1. The second-order valence-electron chi connectivity index (χ2n) is 6.08. The molecule has 1 heterocycles. The highest BCUT2D eigenvalue weighted by Gasteiger charge is 2.32. The Hall–Kier alpha value is -2.17. The van der Waals surface area contributed by atoms with Crippen molar-refractivity contribution in [2.45, 2.75) is 38.0 Å². The van der Waals surface area contributed by atoms with Crippen LogP contribution in [0, 0.1) is 0 Å². The molecule has 0 aromatic heterocycles. The molecule has 3 N–H and O–H groups in total. The molecule has 1 saturated heterocycles. The van der Waals surface area contributed by atoms with Crippen molar-refractivity contribution < 1.29 is 32.2 Å². The van der Waals surface area contributed by atoms with Crippen LogP contribution in [0.25, 0.3) is 0 Å². The van der Waals surface area contributed by atoms with Gasteiger partial charge in [0.15, 0.2) is 6.35 Å². The first-order valence-electron chi connectivity index (χ1n) is 8.34. The van der Waals surface area contributed by atoms with E-state index in [4.69, 9.17) is 9.47 Å². The van der Waals surface area contributed by atoms with Crippen molar-refractivity contribution in [3.63, 3.8) is 0 Å². The Morgan fingerprint density at radius 3 is 2.56 bits per heavy atom. The summed E-state index contributed by atoms with van der Waals surface area (Å²) in [4.78, 5) is 24.2. The number of hydrogen-bond acceptors (Lipinski definition) is 5. The molecule has 0 aliphatic carbocycles. The van der Waals surface area contributed by atoms with E-state index >= 15 is 0 Å². The number of ether oxygens (including phenoxy) is 2. The van der Waals surface area contributed by atoms with E-state index in [0.717, 1.165) is 12.1 Å². The van der Waals surface area contributed by atoms with Crippen LogP contribution in [-0.2, 0) is 25.2 Å². The zero-order valence-electron chi connectivity index (χ0n) is 14.9. The molecular formula is C17H22F3N3O4. The van der Waals surface area contributed by atoms with Gasteiger partial charge >= 0.3 is 6.18 Å². The summed E-state index contributed by atoms with van der Waals surface area (Å²) in [6, 6.07) is 3.20. The summed E-state index contributed by atoms with van der Waals surface area (Å²) in [7, 11) is 1.51. The van der Waals surface area contributed by atoms with Gasteiger partial charge in [-0.2, -0.15) is 13.2 Å². The molecular weight excluding hydrogens is 367 g/mol.